The molecule has 1 unspecified atom stereocenters. The monoisotopic (exact) mass is 607 g/mol. The molecule has 0 bridgehead atoms. The van der Waals surface area contributed by atoms with E-state index in [1.807, 2.05) is 13.8 Å². The van der Waals surface area contributed by atoms with Crippen molar-refractivity contribution in [2.24, 2.45) is 22.7 Å². The van der Waals surface area contributed by atoms with E-state index in [1.165, 1.54) is 56.9 Å². The van der Waals surface area contributed by atoms with Crippen molar-refractivity contribution in [3.63, 3.8) is 0 Å². The van der Waals surface area contributed by atoms with E-state index in [2.05, 4.69) is 63.9 Å². The fourth-order valence-electron chi connectivity index (χ4n) is 5.82. The molecule has 0 amide bonds. The van der Waals surface area contributed by atoms with Crippen LogP contribution < -0.4 is 4.74 Å². The number of fused-ring (bicyclic) bond motifs is 1. The van der Waals surface area contributed by atoms with Crippen molar-refractivity contribution >= 4 is 28.2 Å². The number of ether oxygens (including phenoxy) is 1. The summed E-state index contributed by atoms with van der Waals surface area (Å²) in [7, 11) is -0.659. The summed E-state index contributed by atoms with van der Waals surface area (Å²) < 4.78 is 17.1. The molecular formula is C35H61NO3S2. The number of aliphatic imine (C=N–C) groups is 1. The quantitative estimate of drug-likeness (QED) is 0.109. The van der Waals surface area contributed by atoms with Crippen molar-refractivity contribution < 1.29 is 14.1 Å². The van der Waals surface area contributed by atoms with Crippen LogP contribution in [0.3, 0.4) is 0 Å². The van der Waals surface area contributed by atoms with E-state index >= 15 is 0 Å². The Labute approximate surface area is 261 Å². The van der Waals surface area contributed by atoms with Gasteiger partial charge in [0.1, 0.15) is 17.1 Å². The zero-order valence-corrected chi connectivity index (χ0v) is 29.5. The number of hydrogen-bond donors (Lipinski definition) is 1. The number of aromatic hydroxyl groups is 1. The highest BCUT2D eigenvalue weighted by Crippen LogP contribution is 2.44. The first-order valence-corrected chi connectivity index (χ1v) is 18.3. The molecule has 0 aliphatic carbocycles. The molecule has 0 saturated heterocycles. The SMILES string of the molecule is CS(=O)CCCCN=C=S.Cc1c(C)c2c(c(C)c1O)CC[C@@](C)(CCC[C@H](C)CCC[C@H](C)CCCC(C)C)O2. The van der Waals surface area contributed by atoms with Crippen LogP contribution in [0.4, 0.5) is 0 Å². The number of benzene rings is 1. The van der Waals surface area contributed by atoms with Crippen molar-refractivity contribution in [3.05, 3.63) is 22.3 Å². The van der Waals surface area contributed by atoms with E-state index in [0.717, 1.165) is 84.6 Å². The van der Waals surface area contributed by atoms with Crippen LogP contribution in [-0.2, 0) is 17.2 Å². The fourth-order valence-corrected chi connectivity index (χ4v) is 6.52. The van der Waals surface area contributed by atoms with Crippen LogP contribution in [0.5, 0.6) is 11.5 Å². The molecule has 0 aromatic heterocycles. The number of thiocarbonyl (C=S) groups is 1. The summed E-state index contributed by atoms with van der Waals surface area (Å²) in [6.07, 6.45) is 17.7. The minimum absolute atomic E-state index is 0.0712. The molecular weight excluding hydrogens is 547 g/mol. The van der Waals surface area contributed by atoms with Crippen molar-refractivity contribution in [2.75, 3.05) is 18.6 Å². The molecule has 4 nitrogen and oxygen atoms in total. The highest BCUT2D eigenvalue weighted by molar-refractivity contribution is 7.84. The van der Waals surface area contributed by atoms with Crippen molar-refractivity contribution in [1.29, 1.82) is 0 Å². The highest BCUT2D eigenvalue weighted by Gasteiger charge is 2.34. The van der Waals surface area contributed by atoms with E-state index in [-0.39, 0.29) is 5.60 Å². The molecule has 0 saturated carbocycles. The van der Waals surface area contributed by atoms with Crippen LogP contribution in [0.2, 0.25) is 0 Å². The lowest BCUT2D eigenvalue weighted by Crippen LogP contribution is -2.37. The first-order valence-electron chi connectivity index (χ1n) is 16.2. The van der Waals surface area contributed by atoms with Gasteiger partial charge in [0.15, 0.2) is 0 Å². The van der Waals surface area contributed by atoms with Gasteiger partial charge >= 0.3 is 0 Å². The Morgan fingerprint density at radius 1 is 0.927 bits per heavy atom. The Morgan fingerprint density at radius 2 is 1.51 bits per heavy atom. The number of phenols is 1. The highest BCUT2D eigenvalue weighted by atomic mass is 32.2. The number of isothiocyanates is 1. The predicted octanol–water partition coefficient (Wildman–Crippen LogP) is 10.1. The summed E-state index contributed by atoms with van der Waals surface area (Å²) in [6, 6.07) is 0. The van der Waals surface area contributed by atoms with Crippen LogP contribution >= 0.6 is 12.2 Å². The lowest BCUT2D eigenvalue weighted by atomic mass is 9.84. The van der Waals surface area contributed by atoms with Crippen LogP contribution in [0, 0.1) is 38.5 Å². The van der Waals surface area contributed by atoms with Gasteiger partial charge in [-0.1, -0.05) is 72.6 Å². The lowest BCUT2D eigenvalue weighted by molar-refractivity contribution is 0.0512. The fraction of sp³-hybridized carbons (Fsp3) is 0.800. The normalized spacial score (nSPS) is 18.4. The van der Waals surface area contributed by atoms with Crippen molar-refractivity contribution in [1.82, 2.24) is 0 Å². The summed E-state index contributed by atoms with van der Waals surface area (Å²) in [6.45, 7) is 18.7. The number of unbranched alkanes of at least 4 members (excludes halogenated alkanes) is 1. The Hall–Kier alpha value is -1.23. The Bertz CT molecular complexity index is 982. The van der Waals surface area contributed by atoms with Gasteiger partial charge < -0.3 is 9.84 Å². The third-order valence-electron chi connectivity index (χ3n) is 8.88. The Morgan fingerprint density at radius 3 is 2.07 bits per heavy atom. The van der Waals surface area contributed by atoms with E-state index < -0.39 is 10.8 Å². The van der Waals surface area contributed by atoms with Crippen molar-refractivity contribution in [2.45, 2.75) is 144 Å². The van der Waals surface area contributed by atoms with Crippen LogP contribution in [0.25, 0.3) is 0 Å². The van der Waals surface area contributed by atoms with Crippen molar-refractivity contribution in [3.8, 4) is 11.5 Å². The molecule has 1 aromatic carbocycles. The van der Waals surface area contributed by atoms with Gasteiger partial charge in [-0.3, -0.25) is 4.21 Å². The number of rotatable bonds is 17. The Balaban J connectivity index is 0.000000716. The molecule has 1 aliphatic heterocycles. The summed E-state index contributed by atoms with van der Waals surface area (Å²) in [5.41, 5.74) is 4.23. The first kappa shape index (κ1) is 37.8. The molecule has 1 N–H and O–H groups in total. The van der Waals surface area contributed by atoms with Crippen LogP contribution in [0.1, 0.15) is 134 Å². The maximum absolute atomic E-state index is 10.5. The standard InChI is InChI=1S/C29H50O2.C6H11NOS2/c1-20(2)12-9-13-21(3)14-10-15-22(4)16-11-18-29(8)19-17-26-25(7)27(30)23(5)24(6)28(26)31-29;1-10(8)5-3-2-4-7-6-9/h20-22,30H,9-19H2,1-8H3;2-5H2,1H3/t21-,22-,29-;/m1./s1. The second-order valence-electron chi connectivity index (χ2n) is 13.4. The molecule has 1 aromatic rings. The molecule has 0 radical (unpaired) electrons. The van der Waals surface area contributed by atoms with Gasteiger partial charge in [0.25, 0.3) is 0 Å². The number of phenolic OH excluding ortho intramolecular Hbond substituents is 1. The molecule has 41 heavy (non-hydrogen) atoms. The molecule has 236 valence electrons. The second-order valence-corrected chi connectivity index (χ2v) is 15.1. The van der Waals surface area contributed by atoms with E-state index in [9.17, 15) is 9.32 Å². The summed E-state index contributed by atoms with van der Waals surface area (Å²) >= 11 is 4.38. The maximum atomic E-state index is 10.5. The average molecular weight is 608 g/mol. The van der Waals surface area contributed by atoms with Gasteiger partial charge in [0.05, 0.1) is 5.16 Å². The predicted molar refractivity (Wildman–Crippen MR) is 182 cm³/mol. The molecule has 6 heteroatoms. The number of nitrogens with zero attached hydrogens (tertiary/aromatic N) is 1. The van der Waals surface area contributed by atoms with Gasteiger partial charge in [-0.2, -0.15) is 0 Å². The van der Waals surface area contributed by atoms with E-state index in [1.54, 1.807) is 6.26 Å². The van der Waals surface area contributed by atoms with Gasteiger partial charge in [-0.15, -0.1) is 0 Å². The first-order chi connectivity index (χ1) is 19.3. The third-order valence-corrected chi connectivity index (χ3v) is 9.88. The molecule has 0 fully saturated rings. The summed E-state index contributed by atoms with van der Waals surface area (Å²) in [5, 5.41) is 12.7. The lowest BCUT2D eigenvalue weighted by Gasteiger charge is -2.38. The summed E-state index contributed by atoms with van der Waals surface area (Å²) in [4.78, 5) is 3.73. The largest absolute Gasteiger partial charge is 0.507 e. The third kappa shape index (κ3) is 14.7. The molecule has 4 atom stereocenters. The molecule has 1 heterocycles. The zero-order chi connectivity index (χ0) is 31.0. The van der Waals surface area contributed by atoms with Crippen LogP contribution in [-0.4, -0.2) is 38.6 Å². The van der Waals surface area contributed by atoms with E-state index in [4.69, 9.17) is 4.74 Å². The topological polar surface area (TPSA) is 58.9 Å². The average Bonchev–Trinajstić information content (AvgIpc) is 2.90. The molecule has 0 spiro atoms. The summed E-state index contributed by atoms with van der Waals surface area (Å²) in [5.74, 6) is 4.81. The van der Waals surface area contributed by atoms with Gasteiger partial charge in [0.2, 0.25) is 0 Å². The van der Waals surface area contributed by atoms with Gasteiger partial charge in [-0.05, 0) is 113 Å². The molecule has 1 aliphatic rings. The van der Waals surface area contributed by atoms with Crippen LogP contribution in [0.15, 0.2) is 4.99 Å². The second kappa shape index (κ2) is 19.9. The van der Waals surface area contributed by atoms with E-state index in [0.29, 0.717) is 5.75 Å². The molecule has 2 rings (SSSR count). The van der Waals surface area contributed by atoms with Gasteiger partial charge in [0, 0.05) is 34.9 Å². The zero-order valence-electron chi connectivity index (χ0n) is 27.9. The Kier molecular flexibility index (Phi) is 18.3. The minimum atomic E-state index is -0.659. The minimum Gasteiger partial charge on any atom is -0.507 e. The maximum Gasteiger partial charge on any atom is 0.127 e. The number of hydrogen-bond acceptors (Lipinski definition) is 5. The smallest absolute Gasteiger partial charge is 0.127 e. The van der Waals surface area contributed by atoms with Gasteiger partial charge in [-0.25, -0.2) is 4.99 Å².